The molecule has 0 saturated carbocycles. The molecule has 1 heterocycles. The second kappa shape index (κ2) is 4.97. The van der Waals surface area contributed by atoms with Crippen LogP contribution in [0.3, 0.4) is 0 Å². The number of ketones is 1. The van der Waals surface area contributed by atoms with E-state index in [0.717, 1.165) is 23.9 Å². The zero-order valence-corrected chi connectivity index (χ0v) is 10.5. The Labute approximate surface area is 103 Å². The Kier molecular flexibility index (Phi) is 3.61. The number of halogens is 1. The van der Waals surface area contributed by atoms with Crippen molar-refractivity contribution in [2.75, 3.05) is 18.9 Å². The quantitative estimate of drug-likeness (QED) is 0.671. The van der Waals surface area contributed by atoms with Gasteiger partial charge in [-0.3, -0.25) is 4.79 Å². The smallest absolute Gasteiger partial charge is 0.170 e. The van der Waals surface area contributed by atoms with Crippen LogP contribution in [-0.4, -0.2) is 19.0 Å². The first kappa shape index (κ1) is 11.6. The molecule has 0 aromatic heterocycles. The van der Waals surface area contributed by atoms with E-state index in [1.807, 2.05) is 12.1 Å². The van der Waals surface area contributed by atoms with Crippen molar-refractivity contribution in [2.24, 2.45) is 5.92 Å². The van der Waals surface area contributed by atoms with Gasteiger partial charge in [0.05, 0.1) is 12.3 Å². The Morgan fingerprint density at radius 2 is 2.31 bits per heavy atom. The monoisotopic (exact) mass is 283 g/mol. The molecule has 0 spiro atoms. The number of hydrogen-bond donors (Lipinski definition) is 1. The normalized spacial score (nSPS) is 20.7. The number of nitrogens with two attached hydrogens (primary N) is 1. The van der Waals surface area contributed by atoms with E-state index in [2.05, 4.69) is 15.9 Å². The summed E-state index contributed by atoms with van der Waals surface area (Å²) in [5.41, 5.74) is 7.01. The molecule has 1 aliphatic heterocycles. The van der Waals surface area contributed by atoms with Gasteiger partial charge in [0.15, 0.2) is 5.78 Å². The number of hydrogen-bond acceptors (Lipinski definition) is 3. The van der Waals surface area contributed by atoms with Crippen molar-refractivity contribution in [1.82, 2.24) is 0 Å². The lowest BCUT2D eigenvalue weighted by Gasteiger charge is -2.21. The van der Waals surface area contributed by atoms with Gasteiger partial charge in [-0.15, -0.1) is 0 Å². The molecule has 2 rings (SSSR count). The minimum Gasteiger partial charge on any atom is -0.397 e. The molecule has 1 aromatic carbocycles. The molecular formula is C12H14BrNO2. The molecule has 86 valence electrons. The Balaban J connectivity index is 2.22. The third kappa shape index (κ3) is 2.28. The van der Waals surface area contributed by atoms with Crippen LogP contribution in [-0.2, 0) is 4.74 Å². The molecule has 1 atom stereocenters. The van der Waals surface area contributed by atoms with Crippen LogP contribution in [0.25, 0.3) is 0 Å². The van der Waals surface area contributed by atoms with Crippen LogP contribution >= 0.6 is 15.9 Å². The van der Waals surface area contributed by atoms with Crippen molar-refractivity contribution in [3.05, 3.63) is 28.2 Å². The van der Waals surface area contributed by atoms with Gasteiger partial charge in [-0.1, -0.05) is 6.07 Å². The van der Waals surface area contributed by atoms with E-state index in [1.54, 1.807) is 6.07 Å². The lowest BCUT2D eigenvalue weighted by Crippen LogP contribution is -2.26. The number of nitrogen functional groups attached to an aromatic ring is 1. The highest BCUT2D eigenvalue weighted by Gasteiger charge is 2.24. The SMILES string of the molecule is Nc1c(Br)cccc1C(=O)C1CCCOC1. The third-order valence-electron chi connectivity index (χ3n) is 2.85. The summed E-state index contributed by atoms with van der Waals surface area (Å²) in [4.78, 5) is 12.2. The lowest BCUT2D eigenvalue weighted by atomic mass is 9.92. The van der Waals surface area contributed by atoms with Crippen LogP contribution < -0.4 is 5.73 Å². The minimum atomic E-state index is -0.0367. The third-order valence-corrected chi connectivity index (χ3v) is 3.54. The standard InChI is InChI=1S/C12H14BrNO2/c13-10-5-1-4-9(11(10)14)12(15)8-3-2-6-16-7-8/h1,4-5,8H,2-3,6-7,14H2. The van der Waals surface area contributed by atoms with E-state index in [-0.39, 0.29) is 11.7 Å². The van der Waals surface area contributed by atoms with Gasteiger partial charge in [-0.2, -0.15) is 0 Å². The summed E-state index contributed by atoms with van der Waals surface area (Å²) < 4.78 is 6.09. The summed E-state index contributed by atoms with van der Waals surface area (Å²) >= 11 is 3.33. The van der Waals surface area contributed by atoms with Gasteiger partial charge in [0.2, 0.25) is 0 Å². The number of ether oxygens (including phenoxy) is 1. The van der Waals surface area contributed by atoms with E-state index in [1.165, 1.54) is 0 Å². The van der Waals surface area contributed by atoms with E-state index in [9.17, 15) is 4.79 Å². The predicted octanol–water partition coefficient (Wildman–Crippen LogP) is 2.64. The van der Waals surface area contributed by atoms with Gasteiger partial charge in [0.25, 0.3) is 0 Å². The molecule has 1 unspecified atom stereocenters. The van der Waals surface area contributed by atoms with Gasteiger partial charge in [-0.25, -0.2) is 0 Å². The first-order valence-corrected chi connectivity index (χ1v) is 6.15. The minimum absolute atomic E-state index is 0.0367. The summed E-state index contributed by atoms with van der Waals surface area (Å²) in [6.45, 7) is 1.28. The van der Waals surface area contributed by atoms with E-state index >= 15 is 0 Å². The number of carbonyl (C=O) groups is 1. The Morgan fingerprint density at radius 3 is 3.00 bits per heavy atom. The fourth-order valence-electron chi connectivity index (χ4n) is 1.92. The molecule has 1 fully saturated rings. The van der Waals surface area contributed by atoms with Gasteiger partial charge < -0.3 is 10.5 Å². The van der Waals surface area contributed by atoms with Gasteiger partial charge in [0.1, 0.15) is 0 Å². The van der Waals surface area contributed by atoms with Gasteiger partial charge in [0, 0.05) is 22.6 Å². The van der Waals surface area contributed by atoms with Crippen molar-refractivity contribution in [3.63, 3.8) is 0 Å². The maximum atomic E-state index is 12.2. The van der Waals surface area contributed by atoms with Crippen LogP contribution in [0.4, 0.5) is 5.69 Å². The van der Waals surface area contributed by atoms with Crippen LogP contribution in [0.15, 0.2) is 22.7 Å². The number of carbonyl (C=O) groups excluding carboxylic acids is 1. The molecule has 2 N–H and O–H groups in total. The molecule has 4 heteroatoms. The highest BCUT2D eigenvalue weighted by Crippen LogP contribution is 2.27. The molecule has 0 amide bonds. The largest absolute Gasteiger partial charge is 0.397 e. The Morgan fingerprint density at radius 1 is 1.50 bits per heavy atom. The van der Waals surface area contributed by atoms with Crippen LogP contribution in [0, 0.1) is 5.92 Å². The lowest BCUT2D eigenvalue weighted by molar-refractivity contribution is 0.0462. The highest BCUT2D eigenvalue weighted by molar-refractivity contribution is 9.10. The summed E-state index contributed by atoms with van der Waals surface area (Å²) in [6.07, 6.45) is 1.84. The van der Waals surface area contributed by atoms with E-state index in [0.29, 0.717) is 17.9 Å². The number of anilines is 1. The van der Waals surface area contributed by atoms with Crippen molar-refractivity contribution in [1.29, 1.82) is 0 Å². The Bertz CT molecular complexity index is 400. The summed E-state index contributed by atoms with van der Waals surface area (Å²) in [5.74, 6) is 0.0591. The highest BCUT2D eigenvalue weighted by atomic mass is 79.9. The number of benzene rings is 1. The molecule has 1 aliphatic rings. The first-order chi connectivity index (χ1) is 7.70. The van der Waals surface area contributed by atoms with E-state index < -0.39 is 0 Å². The van der Waals surface area contributed by atoms with Crippen molar-refractivity contribution in [3.8, 4) is 0 Å². The molecular weight excluding hydrogens is 270 g/mol. The molecule has 16 heavy (non-hydrogen) atoms. The fourth-order valence-corrected chi connectivity index (χ4v) is 2.29. The molecule has 0 aliphatic carbocycles. The maximum Gasteiger partial charge on any atom is 0.170 e. The summed E-state index contributed by atoms with van der Waals surface area (Å²) in [7, 11) is 0. The average molecular weight is 284 g/mol. The fraction of sp³-hybridized carbons (Fsp3) is 0.417. The first-order valence-electron chi connectivity index (χ1n) is 5.36. The van der Waals surface area contributed by atoms with Crippen molar-refractivity contribution < 1.29 is 9.53 Å². The molecule has 3 nitrogen and oxygen atoms in total. The molecule has 1 saturated heterocycles. The van der Waals surface area contributed by atoms with Crippen LogP contribution in [0.1, 0.15) is 23.2 Å². The summed E-state index contributed by atoms with van der Waals surface area (Å²) in [6, 6.07) is 5.44. The Hall–Kier alpha value is -0.870. The van der Waals surface area contributed by atoms with Gasteiger partial charge in [-0.05, 0) is 40.9 Å². The van der Waals surface area contributed by atoms with Crippen molar-refractivity contribution >= 4 is 27.4 Å². The molecule has 1 aromatic rings. The molecule has 0 radical (unpaired) electrons. The second-order valence-electron chi connectivity index (χ2n) is 3.98. The van der Waals surface area contributed by atoms with Crippen LogP contribution in [0.2, 0.25) is 0 Å². The van der Waals surface area contributed by atoms with Crippen molar-refractivity contribution in [2.45, 2.75) is 12.8 Å². The average Bonchev–Trinajstić information content (AvgIpc) is 2.33. The number of para-hydroxylation sites is 1. The summed E-state index contributed by atoms with van der Waals surface area (Å²) in [5, 5.41) is 0. The molecule has 0 bridgehead atoms. The number of Topliss-reactive ketones (excluding diaryl/α,β-unsaturated/α-hetero) is 1. The second-order valence-corrected chi connectivity index (χ2v) is 4.83. The predicted molar refractivity (Wildman–Crippen MR) is 66.4 cm³/mol. The zero-order valence-electron chi connectivity index (χ0n) is 8.91. The zero-order chi connectivity index (χ0) is 11.5. The van der Waals surface area contributed by atoms with E-state index in [4.69, 9.17) is 10.5 Å². The maximum absolute atomic E-state index is 12.2. The number of rotatable bonds is 2. The topological polar surface area (TPSA) is 52.3 Å². The van der Waals surface area contributed by atoms with Crippen LogP contribution in [0.5, 0.6) is 0 Å². The van der Waals surface area contributed by atoms with Gasteiger partial charge >= 0.3 is 0 Å².